The van der Waals surface area contributed by atoms with Gasteiger partial charge in [0, 0.05) is 62.0 Å². The molecule has 26 heavy (non-hydrogen) atoms. The lowest BCUT2D eigenvalue weighted by Crippen LogP contribution is -2.43. The molecule has 6 atom stereocenters. The van der Waals surface area contributed by atoms with E-state index in [9.17, 15) is 9.59 Å². The van der Waals surface area contributed by atoms with Crippen LogP contribution in [0.4, 0.5) is 0 Å². The monoisotopic (exact) mass is 362 g/mol. The molecular formula is C20H30N2O4. The molecule has 6 heteroatoms. The van der Waals surface area contributed by atoms with E-state index in [4.69, 9.17) is 9.47 Å². The zero-order valence-corrected chi connectivity index (χ0v) is 15.8. The minimum absolute atomic E-state index is 0.0265. The third-order valence-electron chi connectivity index (χ3n) is 7.03. The van der Waals surface area contributed by atoms with Gasteiger partial charge in [0.1, 0.15) is 12.2 Å². The number of piperidine rings is 2. The van der Waals surface area contributed by atoms with Gasteiger partial charge in [0.25, 0.3) is 0 Å². The summed E-state index contributed by atoms with van der Waals surface area (Å²) in [5.74, 6) is -0.862. The molecule has 0 aromatic heterocycles. The number of rotatable bonds is 4. The fourth-order valence-electron chi connectivity index (χ4n) is 5.46. The molecule has 4 aliphatic rings. The van der Waals surface area contributed by atoms with Crippen LogP contribution in [0.1, 0.15) is 51.4 Å². The highest BCUT2D eigenvalue weighted by Crippen LogP contribution is 2.36. The number of ether oxygens (including phenoxy) is 2. The highest BCUT2D eigenvalue weighted by atomic mass is 16.5. The fraction of sp³-hybridized carbons (Fsp3) is 0.800. The van der Waals surface area contributed by atoms with Crippen molar-refractivity contribution >= 4 is 11.9 Å². The lowest BCUT2D eigenvalue weighted by molar-refractivity contribution is -0.149. The summed E-state index contributed by atoms with van der Waals surface area (Å²) in [6.07, 6.45) is 10.8. The molecule has 0 N–H and O–H groups in total. The van der Waals surface area contributed by atoms with Gasteiger partial charge in [0.15, 0.2) is 0 Å². The zero-order valence-electron chi connectivity index (χ0n) is 15.8. The number of nitrogens with zero attached hydrogens (tertiary/aromatic N) is 2. The topological polar surface area (TPSA) is 59.1 Å². The van der Waals surface area contributed by atoms with E-state index in [0.717, 1.165) is 25.7 Å². The molecule has 0 aromatic carbocycles. The van der Waals surface area contributed by atoms with Crippen LogP contribution < -0.4 is 0 Å². The van der Waals surface area contributed by atoms with Crippen molar-refractivity contribution in [2.24, 2.45) is 0 Å². The first-order valence-electron chi connectivity index (χ1n) is 10.0. The minimum Gasteiger partial charge on any atom is -0.459 e. The van der Waals surface area contributed by atoms with Crippen molar-refractivity contribution < 1.29 is 19.1 Å². The fourth-order valence-corrected chi connectivity index (χ4v) is 5.46. The lowest BCUT2D eigenvalue weighted by atomic mass is 10.0. The van der Waals surface area contributed by atoms with Crippen molar-refractivity contribution in [1.82, 2.24) is 9.80 Å². The van der Waals surface area contributed by atoms with Crippen LogP contribution in [-0.2, 0) is 19.1 Å². The van der Waals surface area contributed by atoms with Gasteiger partial charge in [-0.15, -0.1) is 0 Å². The number of carbonyl (C=O) groups excluding carboxylic acids is 2. The summed E-state index contributed by atoms with van der Waals surface area (Å²) in [5, 5.41) is 0. The van der Waals surface area contributed by atoms with Gasteiger partial charge in [-0.2, -0.15) is 0 Å². The molecule has 4 bridgehead atoms. The second kappa shape index (κ2) is 7.31. The Morgan fingerprint density at radius 3 is 1.31 bits per heavy atom. The summed E-state index contributed by atoms with van der Waals surface area (Å²) in [5.41, 5.74) is 0. The average molecular weight is 362 g/mol. The first-order chi connectivity index (χ1) is 12.5. The van der Waals surface area contributed by atoms with Crippen LogP contribution in [0, 0.1) is 0 Å². The first-order valence-corrected chi connectivity index (χ1v) is 10.0. The molecule has 2 unspecified atom stereocenters. The Balaban J connectivity index is 1.22. The summed E-state index contributed by atoms with van der Waals surface area (Å²) >= 11 is 0. The molecule has 0 saturated carbocycles. The van der Waals surface area contributed by atoms with Crippen molar-refractivity contribution in [2.45, 2.75) is 87.7 Å². The molecule has 0 aliphatic carbocycles. The Kier molecular flexibility index (Phi) is 5.06. The van der Waals surface area contributed by atoms with Gasteiger partial charge in [-0.3, -0.25) is 0 Å². The lowest BCUT2D eigenvalue weighted by Gasteiger charge is -2.35. The molecule has 0 radical (unpaired) electrons. The maximum atomic E-state index is 12.0. The van der Waals surface area contributed by atoms with E-state index in [2.05, 4.69) is 23.9 Å². The van der Waals surface area contributed by atoms with Gasteiger partial charge in [0.2, 0.25) is 0 Å². The van der Waals surface area contributed by atoms with Crippen LogP contribution in [0.25, 0.3) is 0 Å². The van der Waals surface area contributed by atoms with Crippen molar-refractivity contribution in [3.8, 4) is 0 Å². The number of hydrogen-bond acceptors (Lipinski definition) is 6. The normalized spacial score (nSPS) is 40.1. The summed E-state index contributed by atoms with van der Waals surface area (Å²) in [7, 11) is 4.32. The molecule has 144 valence electrons. The van der Waals surface area contributed by atoms with Crippen molar-refractivity contribution in [1.29, 1.82) is 0 Å². The van der Waals surface area contributed by atoms with Crippen LogP contribution in [0.15, 0.2) is 12.2 Å². The second-order valence-electron chi connectivity index (χ2n) is 8.49. The summed E-state index contributed by atoms with van der Waals surface area (Å²) < 4.78 is 11.1. The third-order valence-corrected chi connectivity index (χ3v) is 7.03. The van der Waals surface area contributed by atoms with E-state index >= 15 is 0 Å². The number of esters is 2. The molecule has 6 nitrogen and oxygen atoms in total. The van der Waals surface area contributed by atoms with Gasteiger partial charge >= 0.3 is 11.9 Å². The predicted molar refractivity (Wildman–Crippen MR) is 96.5 cm³/mol. The predicted octanol–water partition coefficient (Wildman–Crippen LogP) is 1.88. The molecule has 4 saturated heterocycles. The molecule has 4 aliphatic heterocycles. The van der Waals surface area contributed by atoms with E-state index in [1.165, 1.54) is 37.8 Å². The highest BCUT2D eigenvalue weighted by Gasteiger charge is 2.40. The van der Waals surface area contributed by atoms with E-state index in [-0.39, 0.29) is 12.2 Å². The maximum absolute atomic E-state index is 12.0. The number of carbonyl (C=O) groups is 2. The summed E-state index contributed by atoms with van der Waals surface area (Å²) in [6.45, 7) is 0. The standard InChI is InChI=1S/C20H30N2O4/c1-21-13-3-4-14(21)10-17(9-13)25-19(23)7-8-20(24)26-18-11-15-5-6-16(12-18)22(15)2/h7-8,13-18H,3-6,9-12H2,1-2H3/t13-,14+,15-,16+,17?,18?. The van der Waals surface area contributed by atoms with Crippen molar-refractivity contribution in [2.75, 3.05) is 14.1 Å². The zero-order chi connectivity index (χ0) is 18.3. The van der Waals surface area contributed by atoms with Crippen molar-refractivity contribution in [3.05, 3.63) is 12.2 Å². The van der Waals surface area contributed by atoms with Gasteiger partial charge in [-0.1, -0.05) is 0 Å². The SMILES string of the molecule is CN1[C@@H]2CC[C@H]1CC(OC(=O)C=CC(=O)OC1C[C@H]3CC[C@@H](C1)N3C)C2. The van der Waals surface area contributed by atoms with E-state index in [0.29, 0.717) is 24.2 Å². The van der Waals surface area contributed by atoms with Gasteiger partial charge < -0.3 is 19.3 Å². The number of fused-ring (bicyclic) bond motifs is 4. The average Bonchev–Trinajstić information content (AvgIpc) is 2.95. The van der Waals surface area contributed by atoms with E-state index < -0.39 is 11.9 Å². The summed E-state index contributed by atoms with van der Waals surface area (Å²) in [4.78, 5) is 28.9. The second-order valence-corrected chi connectivity index (χ2v) is 8.49. The Morgan fingerprint density at radius 2 is 1.00 bits per heavy atom. The molecule has 4 heterocycles. The van der Waals surface area contributed by atoms with Crippen LogP contribution >= 0.6 is 0 Å². The van der Waals surface area contributed by atoms with Gasteiger partial charge in [-0.25, -0.2) is 9.59 Å². The number of hydrogen-bond donors (Lipinski definition) is 0. The maximum Gasteiger partial charge on any atom is 0.331 e. The largest absolute Gasteiger partial charge is 0.459 e. The van der Waals surface area contributed by atoms with Gasteiger partial charge in [0.05, 0.1) is 0 Å². The Morgan fingerprint density at radius 1 is 0.692 bits per heavy atom. The van der Waals surface area contributed by atoms with Crippen LogP contribution in [0.3, 0.4) is 0 Å². The molecular weight excluding hydrogens is 332 g/mol. The minimum atomic E-state index is -0.431. The molecule has 4 fully saturated rings. The third kappa shape index (κ3) is 3.67. The van der Waals surface area contributed by atoms with Crippen LogP contribution in [-0.4, -0.2) is 72.2 Å². The van der Waals surface area contributed by atoms with E-state index in [1.54, 1.807) is 0 Å². The van der Waals surface area contributed by atoms with Crippen LogP contribution in [0.2, 0.25) is 0 Å². The highest BCUT2D eigenvalue weighted by molar-refractivity contribution is 5.91. The van der Waals surface area contributed by atoms with E-state index in [1.807, 2.05) is 0 Å². The quantitative estimate of drug-likeness (QED) is 0.562. The van der Waals surface area contributed by atoms with Gasteiger partial charge in [-0.05, 0) is 39.8 Å². The van der Waals surface area contributed by atoms with Crippen LogP contribution in [0.5, 0.6) is 0 Å². The molecule has 0 spiro atoms. The Labute approximate surface area is 155 Å². The Hall–Kier alpha value is -1.40. The molecule has 4 rings (SSSR count). The van der Waals surface area contributed by atoms with Crippen molar-refractivity contribution in [3.63, 3.8) is 0 Å². The smallest absolute Gasteiger partial charge is 0.331 e. The molecule has 0 amide bonds. The summed E-state index contributed by atoms with van der Waals surface area (Å²) in [6, 6.07) is 2.11. The first kappa shape index (κ1) is 18.0. The molecule has 0 aromatic rings. The Bertz CT molecular complexity index is 514.